The van der Waals surface area contributed by atoms with Crippen LogP contribution in [-0.2, 0) is 0 Å². The van der Waals surface area contributed by atoms with E-state index in [4.69, 9.17) is 0 Å². The van der Waals surface area contributed by atoms with E-state index in [-0.39, 0.29) is 6.10 Å². The number of hydrogen-bond acceptors (Lipinski definition) is 2. The molecular weight excluding hydrogens is 126 g/mol. The molecule has 3 atom stereocenters. The predicted octanol–water partition coefficient (Wildman–Crippen LogP) is 0.707. The number of aliphatic hydroxyl groups excluding tert-OH is 1. The van der Waals surface area contributed by atoms with Crippen LogP contribution < -0.4 is 0 Å². The lowest BCUT2D eigenvalue weighted by molar-refractivity contribution is 0.0102. The first kappa shape index (κ1) is 8.02. The van der Waals surface area contributed by atoms with Crippen molar-refractivity contribution < 1.29 is 5.11 Å². The van der Waals surface area contributed by atoms with E-state index in [1.165, 1.54) is 0 Å². The van der Waals surface area contributed by atoms with Crippen LogP contribution in [0.1, 0.15) is 20.3 Å². The molecule has 0 amide bonds. The molecule has 0 aromatic rings. The van der Waals surface area contributed by atoms with E-state index >= 15 is 0 Å². The fourth-order valence-corrected chi connectivity index (χ4v) is 1.53. The fraction of sp³-hybridized carbons (Fsp3) is 1.00. The molecule has 1 aliphatic rings. The first-order valence-corrected chi connectivity index (χ1v) is 4.01. The van der Waals surface area contributed by atoms with Crippen molar-refractivity contribution in [3.05, 3.63) is 0 Å². The van der Waals surface area contributed by atoms with Crippen LogP contribution in [0.15, 0.2) is 0 Å². The zero-order valence-corrected chi connectivity index (χ0v) is 7.04. The summed E-state index contributed by atoms with van der Waals surface area (Å²) < 4.78 is 0. The maximum Gasteiger partial charge on any atom is 0.0592 e. The Hall–Kier alpha value is -0.0800. The molecule has 0 aromatic heterocycles. The quantitative estimate of drug-likeness (QED) is 0.540. The van der Waals surface area contributed by atoms with Gasteiger partial charge in [0.15, 0.2) is 0 Å². The second kappa shape index (κ2) is 2.89. The van der Waals surface area contributed by atoms with Crippen LogP contribution in [0, 0.1) is 5.92 Å². The minimum absolute atomic E-state index is 0.0776. The van der Waals surface area contributed by atoms with E-state index in [9.17, 15) is 5.11 Å². The number of nitrogens with zero attached hydrogens (tertiary/aromatic N) is 1. The number of hydrogen-bond donors (Lipinski definition) is 1. The van der Waals surface area contributed by atoms with E-state index in [0.717, 1.165) is 13.0 Å². The molecular formula is C8H17NO. The predicted molar refractivity (Wildman–Crippen MR) is 41.9 cm³/mol. The van der Waals surface area contributed by atoms with E-state index < -0.39 is 0 Å². The Morgan fingerprint density at radius 3 is 2.50 bits per heavy atom. The Labute approximate surface area is 62.8 Å². The molecule has 10 heavy (non-hydrogen) atoms. The third kappa shape index (κ3) is 1.32. The SMILES string of the molecule is C[C@@H]1[C@H](O)CCN(C)[C@@H]1C. The van der Waals surface area contributed by atoms with Crippen LogP contribution in [0.4, 0.5) is 0 Å². The van der Waals surface area contributed by atoms with Crippen LogP contribution in [0.3, 0.4) is 0 Å². The van der Waals surface area contributed by atoms with Crippen molar-refractivity contribution in [2.24, 2.45) is 5.92 Å². The molecule has 1 rings (SSSR count). The van der Waals surface area contributed by atoms with Crippen molar-refractivity contribution in [2.45, 2.75) is 32.4 Å². The van der Waals surface area contributed by atoms with Crippen molar-refractivity contribution in [2.75, 3.05) is 13.6 Å². The van der Waals surface area contributed by atoms with Gasteiger partial charge in [-0.25, -0.2) is 0 Å². The Kier molecular flexibility index (Phi) is 2.32. The van der Waals surface area contributed by atoms with Gasteiger partial charge in [0.2, 0.25) is 0 Å². The van der Waals surface area contributed by atoms with Gasteiger partial charge in [-0.15, -0.1) is 0 Å². The number of aliphatic hydroxyl groups is 1. The van der Waals surface area contributed by atoms with Gasteiger partial charge in [-0.3, -0.25) is 0 Å². The molecule has 1 aliphatic heterocycles. The standard InChI is InChI=1S/C8H17NO/c1-6-7(2)9(3)5-4-8(6)10/h6-8,10H,4-5H2,1-3H3/t6-,7+,8+/m0/s1. The Morgan fingerprint density at radius 1 is 1.40 bits per heavy atom. The van der Waals surface area contributed by atoms with Gasteiger partial charge in [-0.1, -0.05) is 6.92 Å². The zero-order chi connectivity index (χ0) is 7.72. The molecule has 0 saturated carbocycles. The second-order valence-corrected chi connectivity index (χ2v) is 3.44. The average molecular weight is 143 g/mol. The highest BCUT2D eigenvalue weighted by molar-refractivity contribution is 4.82. The maximum atomic E-state index is 9.44. The topological polar surface area (TPSA) is 23.5 Å². The maximum absolute atomic E-state index is 9.44. The van der Waals surface area contributed by atoms with Gasteiger partial charge in [0.1, 0.15) is 0 Å². The minimum Gasteiger partial charge on any atom is -0.393 e. The molecule has 1 heterocycles. The van der Waals surface area contributed by atoms with Crippen LogP contribution in [0.5, 0.6) is 0 Å². The third-order valence-corrected chi connectivity index (χ3v) is 2.84. The summed E-state index contributed by atoms with van der Waals surface area (Å²) in [5.74, 6) is 0.429. The third-order valence-electron chi connectivity index (χ3n) is 2.84. The number of rotatable bonds is 0. The smallest absolute Gasteiger partial charge is 0.0592 e. The van der Waals surface area contributed by atoms with Crippen LogP contribution >= 0.6 is 0 Å². The van der Waals surface area contributed by atoms with Gasteiger partial charge in [0, 0.05) is 12.6 Å². The van der Waals surface area contributed by atoms with Crippen LogP contribution in [-0.4, -0.2) is 35.7 Å². The lowest BCUT2D eigenvalue weighted by Gasteiger charge is -2.38. The summed E-state index contributed by atoms with van der Waals surface area (Å²) in [6.07, 6.45) is 0.855. The molecule has 0 aromatic carbocycles. The Bertz CT molecular complexity index is 102. The highest BCUT2D eigenvalue weighted by Crippen LogP contribution is 2.21. The fourth-order valence-electron chi connectivity index (χ4n) is 1.53. The summed E-state index contributed by atoms with van der Waals surface area (Å²) >= 11 is 0. The summed E-state index contributed by atoms with van der Waals surface area (Å²) in [6, 6.07) is 0.531. The largest absolute Gasteiger partial charge is 0.393 e. The Morgan fingerprint density at radius 2 is 2.00 bits per heavy atom. The molecule has 2 heteroatoms. The van der Waals surface area contributed by atoms with Crippen LogP contribution in [0.25, 0.3) is 0 Å². The lowest BCUT2D eigenvalue weighted by atomic mass is 9.90. The molecule has 2 nitrogen and oxygen atoms in total. The number of piperidine rings is 1. The van der Waals surface area contributed by atoms with Gasteiger partial charge in [0.05, 0.1) is 6.10 Å². The minimum atomic E-state index is -0.0776. The molecule has 0 unspecified atom stereocenters. The summed E-state index contributed by atoms with van der Waals surface area (Å²) in [4.78, 5) is 2.30. The molecule has 1 saturated heterocycles. The van der Waals surface area contributed by atoms with Crippen LogP contribution in [0.2, 0.25) is 0 Å². The van der Waals surface area contributed by atoms with E-state index in [1.54, 1.807) is 0 Å². The van der Waals surface area contributed by atoms with Gasteiger partial charge in [-0.05, 0) is 26.3 Å². The Balaban J connectivity index is 2.52. The molecule has 1 N–H and O–H groups in total. The normalized spacial score (nSPS) is 43.8. The summed E-state index contributed by atoms with van der Waals surface area (Å²) in [6.45, 7) is 5.32. The first-order valence-electron chi connectivity index (χ1n) is 4.01. The molecule has 0 radical (unpaired) electrons. The molecule has 0 bridgehead atoms. The van der Waals surface area contributed by atoms with Gasteiger partial charge in [0.25, 0.3) is 0 Å². The number of likely N-dealkylation sites (tertiary alicyclic amines) is 1. The van der Waals surface area contributed by atoms with Crippen molar-refractivity contribution >= 4 is 0 Å². The molecule has 60 valence electrons. The summed E-state index contributed by atoms with van der Waals surface area (Å²) in [5.41, 5.74) is 0. The zero-order valence-electron chi connectivity index (χ0n) is 7.04. The van der Waals surface area contributed by atoms with Crippen molar-refractivity contribution in [3.8, 4) is 0 Å². The molecule has 0 aliphatic carbocycles. The molecule has 0 spiro atoms. The van der Waals surface area contributed by atoms with E-state index in [1.807, 2.05) is 0 Å². The second-order valence-electron chi connectivity index (χ2n) is 3.44. The first-order chi connectivity index (χ1) is 4.63. The van der Waals surface area contributed by atoms with Crippen molar-refractivity contribution in [1.29, 1.82) is 0 Å². The summed E-state index contributed by atoms with van der Waals surface area (Å²) in [5, 5.41) is 9.44. The van der Waals surface area contributed by atoms with Crippen molar-refractivity contribution in [3.63, 3.8) is 0 Å². The van der Waals surface area contributed by atoms with Gasteiger partial charge >= 0.3 is 0 Å². The highest BCUT2D eigenvalue weighted by Gasteiger charge is 2.28. The van der Waals surface area contributed by atoms with Gasteiger partial charge < -0.3 is 10.0 Å². The monoisotopic (exact) mass is 143 g/mol. The molecule has 1 fully saturated rings. The van der Waals surface area contributed by atoms with Crippen molar-refractivity contribution in [1.82, 2.24) is 4.90 Å². The van der Waals surface area contributed by atoms with E-state index in [2.05, 4.69) is 25.8 Å². The van der Waals surface area contributed by atoms with Gasteiger partial charge in [-0.2, -0.15) is 0 Å². The highest BCUT2D eigenvalue weighted by atomic mass is 16.3. The average Bonchev–Trinajstić information content (AvgIpc) is 1.93. The summed E-state index contributed by atoms with van der Waals surface area (Å²) in [7, 11) is 2.12. The van der Waals surface area contributed by atoms with E-state index in [0.29, 0.717) is 12.0 Å². The lowest BCUT2D eigenvalue weighted by Crippen LogP contribution is -2.46.